The number of halogens is 1. The molecule has 0 aliphatic heterocycles. The van der Waals surface area contributed by atoms with Crippen molar-refractivity contribution in [1.82, 2.24) is 14.6 Å². The second-order valence-electron chi connectivity index (χ2n) is 8.55. The van der Waals surface area contributed by atoms with Crippen LogP contribution in [-0.4, -0.2) is 14.6 Å². The Balaban J connectivity index is 1.48. The highest BCUT2D eigenvalue weighted by Gasteiger charge is 2.16. The molecule has 32 heavy (non-hydrogen) atoms. The molecule has 5 rings (SSSR count). The molecule has 5 nitrogen and oxygen atoms in total. The normalized spacial score (nSPS) is 12.7. The fourth-order valence-corrected chi connectivity index (χ4v) is 4.56. The van der Waals surface area contributed by atoms with E-state index in [0.29, 0.717) is 31.9 Å². The van der Waals surface area contributed by atoms with E-state index in [9.17, 15) is 4.79 Å². The molecular weight excluding hydrogens is 442 g/mol. The first kappa shape index (κ1) is 20.7. The molecule has 0 fully saturated rings. The van der Waals surface area contributed by atoms with E-state index in [1.807, 2.05) is 48.5 Å². The van der Waals surface area contributed by atoms with Gasteiger partial charge in [0.05, 0.1) is 5.02 Å². The Bertz CT molecular complexity index is 1540. The molecule has 2 aromatic carbocycles. The second-order valence-corrected chi connectivity index (χ2v) is 9.97. The Labute approximate surface area is 193 Å². The predicted octanol–water partition coefficient (Wildman–Crippen LogP) is 5.58. The molecule has 0 saturated heterocycles. The summed E-state index contributed by atoms with van der Waals surface area (Å²) >= 11 is 7.54. The lowest BCUT2D eigenvalue weighted by Gasteiger charge is -2.18. The van der Waals surface area contributed by atoms with E-state index >= 15 is 0 Å². The summed E-state index contributed by atoms with van der Waals surface area (Å²) in [7, 11) is 0. The van der Waals surface area contributed by atoms with E-state index in [0.717, 1.165) is 11.1 Å². The molecule has 0 spiro atoms. The summed E-state index contributed by atoms with van der Waals surface area (Å²) in [5.74, 6) is 1.76. The number of furan rings is 1. The highest BCUT2D eigenvalue weighted by Crippen LogP contribution is 2.29. The van der Waals surface area contributed by atoms with E-state index in [1.54, 1.807) is 6.08 Å². The first-order valence-electron chi connectivity index (χ1n) is 10.2. The van der Waals surface area contributed by atoms with Crippen LogP contribution in [0.5, 0.6) is 0 Å². The highest BCUT2D eigenvalue weighted by molar-refractivity contribution is 7.15. The summed E-state index contributed by atoms with van der Waals surface area (Å²) in [6, 6.07) is 19.3. The van der Waals surface area contributed by atoms with Crippen LogP contribution in [0, 0.1) is 0 Å². The topological polar surface area (TPSA) is 60.4 Å². The summed E-state index contributed by atoms with van der Waals surface area (Å²) in [5, 5.41) is 5.05. The minimum absolute atomic E-state index is 0.0744. The summed E-state index contributed by atoms with van der Waals surface area (Å²) in [5.41, 5.74) is 2.78. The van der Waals surface area contributed by atoms with Crippen molar-refractivity contribution in [3.63, 3.8) is 0 Å². The number of aromatic nitrogens is 3. The summed E-state index contributed by atoms with van der Waals surface area (Å²) in [6.45, 7) is 6.51. The van der Waals surface area contributed by atoms with Gasteiger partial charge in [-0.1, -0.05) is 80.1 Å². The van der Waals surface area contributed by atoms with Crippen molar-refractivity contribution in [3.8, 4) is 22.7 Å². The van der Waals surface area contributed by atoms with Gasteiger partial charge in [-0.05, 0) is 35.2 Å². The third-order valence-corrected chi connectivity index (χ3v) is 6.52. The Hall–Kier alpha value is -3.22. The molecule has 160 valence electrons. The highest BCUT2D eigenvalue weighted by atomic mass is 35.5. The maximum absolute atomic E-state index is 12.9. The number of nitrogens with zero attached hydrogens (tertiary/aromatic N) is 3. The molecule has 0 aliphatic carbocycles. The number of hydrogen-bond donors (Lipinski definition) is 0. The SMILES string of the molecule is CC(C)(C)c1ccc(-c2nc3s/c(=C\c4ccc(-c5ccccc5Cl)o4)c(=O)n3n2)cc1. The summed E-state index contributed by atoms with van der Waals surface area (Å²) in [4.78, 5) is 18.0. The largest absolute Gasteiger partial charge is 0.457 e. The van der Waals surface area contributed by atoms with Crippen LogP contribution in [0.3, 0.4) is 0 Å². The monoisotopic (exact) mass is 461 g/mol. The lowest BCUT2D eigenvalue weighted by molar-refractivity contribution is 0.571. The fraction of sp³-hybridized carbons (Fsp3) is 0.160. The van der Waals surface area contributed by atoms with E-state index in [1.165, 1.54) is 21.4 Å². The minimum atomic E-state index is -0.217. The van der Waals surface area contributed by atoms with Crippen molar-refractivity contribution < 1.29 is 4.42 Å². The molecule has 7 heteroatoms. The molecule has 3 heterocycles. The maximum atomic E-state index is 12.9. The molecule has 0 bridgehead atoms. The number of fused-ring (bicyclic) bond motifs is 1. The number of thiazole rings is 1. The van der Waals surface area contributed by atoms with Crippen LogP contribution in [0.25, 0.3) is 33.7 Å². The smallest absolute Gasteiger partial charge is 0.291 e. The zero-order valence-electron chi connectivity index (χ0n) is 17.8. The lowest BCUT2D eigenvalue weighted by Crippen LogP contribution is -2.23. The second kappa shape index (κ2) is 7.73. The van der Waals surface area contributed by atoms with Crippen molar-refractivity contribution >= 4 is 34.0 Å². The molecular formula is C25H20ClN3O2S. The zero-order valence-corrected chi connectivity index (χ0v) is 19.4. The van der Waals surface area contributed by atoms with Gasteiger partial charge in [-0.25, -0.2) is 0 Å². The van der Waals surface area contributed by atoms with Crippen molar-refractivity contribution in [2.45, 2.75) is 26.2 Å². The van der Waals surface area contributed by atoms with Crippen LogP contribution in [0.1, 0.15) is 32.1 Å². The summed E-state index contributed by atoms with van der Waals surface area (Å²) in [6.07, 6.45) is 1.71. The summed E-state index contributed by atoms with van der Waals surface area (Å²) < 4.78 is 7.75. The van der Waals surface area contributed by atoms with Gasteiger partial charge in [0.25, 0.3) is 5.56 Å². The molecule has 3 aromatic heterocycles. The van der Waals surface area contributed by atoms with Crippen molar-refractivity contribution in [2.24, 2.45) is 0 Å². The van der Waals surface area contributed by atoms with Crippen molar-refractivity contribution in [1.29, 1.82) is 0 Å². The number of hydrogen-bond acceptors (Lipinski definition) is 5. The van der Waals surface area contributed by atoms with Gasteiger partial charge in [-0.15, -0.1) is 5.10 Å². The quantitative estimate of drug-likeness (QED) is 0.352. The Kier molecular flexibility index (Phi) is 4.99. The molecule has 5 aromatic rings. The third kappa shape index (κ3) is 3.76. The van der Waals surface area contributed by atoms with Crippen LogP contribution < -0.4 is 10.1 Å². The zero-order chi connectivity index (χ0) is 22.5. The van der Waals surface area contributed by atoms with Gasteiger partial charge < -0.3 is 4.42 Å². The average molecular weight is 462 g/mol. The first-order chi connectivity index (χ1) is 15.3. The average Bonchev–Trinajstić information content (AvgIpc) is 3.46. The van der Waals surface area contributed by atoms with Crippen LogP contribution in [0.2, 0.25) is 5.02 Å². The van der Waals surface area contributed by atoms with E-state index in [2.05, 4.69) is 43.0 Å². The fourth-order valence-electron chi connectivity index (χ4n) is 3.44. The molecule has 0 aliphatic rings. The van der Waals surface area contributed by atoms with Gasteiger partial charge in [0.15, 0.2) is 5.82 Å². The van der Waals surface area contributed by atoms with Gasteiger partial charge in [0.1, 0.15) is 16.1 Å². The van der Waals surface area contributed by atoms with Gasteiger partial charge in [-0.2, -0.15) is 9.50 Å². The maximum Gasteiger partial charge on any atom is 0.291 e. The van der Waals surface area contributed by atoms with E-state index in [-0.39, 0.29) is 11.0 Å². The van der Waals surface area contributed by atoms with E-state index < -0.39 is 0 Å². The van der Waals surface area contributed by atoms with Crippen LogP contribution in [0.15, 0.2) is 69.9 Å². The number of benzene rings is 2. The first-order valence-corrected chi connectivity index (χ1v) is 11.4. The molecule has 0 N–H and O–H groups in total. The van der Waals surface area contributed by atoms with Crippen molar-refractivity contribution in [3.05, 3.63) is 91.9 Å². The third-order valence-electron chi connectivity index (χ3n) is 5.23. The molecule has 0 atom stereocenters. The van der Waals surface area contributed by atoms with Gasteiger partial charge in [0.2, 0.25) is 4.96 Å². The Morgan fingerprint density at radius 1 is 1.03 bits per heavy atom. The van der Waals surface area contributed by atoms with Crippen LogP contribution in [0.4, 0.5) is 0 Å². The molecule has 0 unspecified atom stereocenters. The Morgan fingerprint density at radius 3 is 2.47 bits per heavy atom. The van der Waals surface area contributed by atoms with Gasteiger partial charge in [-0.3, -0.25) is 4.79 Å². The molecule has 0 radical (unpaired) electrons. The minimum Gasteiger partial charge on any atom is -0.457 e. The molecule has 0 amide bonds. The van der Waals surface area contributed by atoms with Crippen LogP contribution >= 0.6 is 22.9 Å². The van der Waals surface area contributed by atoms with E-state index in [4.69, 9.17) is 16.0 Å². The van der Waals surface area contributed by atoms with Gasteiger partial charge >= 0.3 is 0 Å². The van der Waals surface area contributed by atoms with Crippen molar-refractivity contribution in [2.75, 3.05) is 0 Å². The standard InChI is InChI=1S/C25H20ClN3O2S/c1-25(2,3)16-10-8-15(9-11-16)22-27-24-29(28-22)23(30)21(32-24)14-17-12-13-20(31-17)18-6-4-5-7-19(18)26/h4-14H,1-3H3/b21-14-. The van der Waals surface area contributed by atoms with Crippen LogP contribution in [-0.2, 0) is 5.41 Å². The number of rotatable bonds is 3. The Morgan fingerprint density at radius 2 is 1.78 bits per heavy atom. The van der Waals surface area contributed by atoms with Gasteiger partial charge in [0, 0.05) is 17.2 Å². The molecule has 0 saturated carbocycles. The predicted molar refractivity (Wildman–Crippen MR) is 129 cm³/mol. The lowest BCUT2D eigenvalue weighted by atomic mass is 9.87.